The van der Waals surface area contributed by atoms with Crippen LogP contribution in [0.4, 0.5) is 0 Å². The van der Waals surface area contributed by atoms with Gasteiger partial charge in [0.1, 0.15) is 11.6 Å². The van der Waals surface area contributed by atoms with E-state index < -0.39 is 6.04 Å². The number of nitrogens with one attached hydrogen (secondary N) is 1. The van der Waals surface area contributed by atoms with Crippen molar-refractivity contribution in [2.24, 2.45) is 7.05 Å². The number of carbonyl (C=O) groups excluding carboxylic acids is 1. The van der Waals surface area contributed by atoms with E-state index in [-0.39, 0.29) is 11.5 Å². The Morgan fingerprint density at radius 2 is 1.82 bits per heavy atom. The van der Waals surface area contributed by atoms with Crippen LogP contribution in [0.1, 0.15) is 31.4 Å². The molecule has 1 amide bonds. The SMILES string of the molecule is CCC(C(=O)NCCCN(C)Cc1ccccc1)n1c2ccccc2c2cnn(C)c(=O)c21. The average molecular weight is 446 g/mol. The number of nitrogens with zero attached hydrogens (tertiary/aromatic N) is 4. The predicted molar refractivity (Wildman–Crippen MR) is 132 cm³/mol. The molecule has 4 rings (SSSR count). The molecule has 0 saturated heterocycles. The van der Waals surface area contributed by atoms with Crippen LogP contribution in [0.5, 0.6) is 0 Å². The molecule has 4 aromatic rings. The van der Waals surface area contributed by atoms with Crippen LogP contribution in [0.2, 0.25) is 0 Å². The first kappa shape index (κ1) is 22.7. The van der Waals surface area contributed by atoms with Gasteiger partial charge in [-0.15, -0.1) is 0 Å². The minimum Gasteiger partial charge on any atom is -0.354 e. The molecule has 0 bridgehead atoms. The Bertz CT molecular complexity index is 1310. The van der Waals surface area contributed by atoms with Crippen LogP contribution in [0.3, 0.4) is 0 Å². The van der Waals surface area contributed by atoms with E-state index in [4.69, 9.17) is 0 Å². The predicted octanol–water partition coefficient (Wildman–Crippen LogP) is 3.48. The van der Waals surface area contributed by atoms with Gasteiger partial charge in [0.25, 0.3) is 5.56 Å². The number of rotatable bonds is 9. The summed E-state index contributed by atoms with van der Waals surface area (Å²) in [6, 6.07) is 17.7. The summed E-state index contributed by atoms with van der Waals surface area (Å²) in [5, 5.41) is 9.00. The van der Waals surface area contributed by atoms with Crippen LogP contribution >= 0.6 is 0 Å². The fourth-order valence-electron chi connectivity index (χ4n) is 4.45. The number of hydrogen-bond donors (Lipinski definition) is 1. The van der Waals surface area contributed by atoms with Crippen LogP contribution in [-0.2, 0) is 18.4 Å². The lowest BCUT2D eigenvalue weighted by molar-refractivity contribution is -0.124. The maximum absolute atomic E-state index is 13.2. The Hall–Kier alpha value is -3.45. The first-order chi connectivity index (χ1) is 16.0. The number of amides is 1. The van der Waals surface area contributed by atoms with Crippen molar-refractivity contribution in [1.82, 2.24) is 24.6 Å². The highest BCUT2D eigenvalue weighted by atomic mass is 16.2. The number of carbonyl (C=O) groups is 1. The molecule has 0 saturated carbocycles. The summed E-state index contributed by atoms with van der Waals surface area (Å²) in [5.74, 6) is -0.0651. The maximum atomic E-state index is 13.2. The Morgan fingerprint density at radius 1 is 1.09 bits per heavy atom. The van der Waals surface area contributed by atoms with Crippen LogP contribution < -0.4 is 10.9 Å². The molecular formula is C26H31N5O2. The third kappa shape index (κ3) is 4.68. The lowest BCUT2D eigenvalue weighted by atomic mass is 10.2. The summed E-state index contributed by atoms with van der Waals surface area (Å²) in [5.41, 5.74) is 2.48. The number of para-hydroxylation sites is 1. The molecular weight excluding hydrogens is 414 g/mol. The lowest BCUT2D eigenvalue weighted by Gasteiger charge is -2.20. The highest BCUT2D eigenvalue weighted by Gasteiger charge is 2.25. The van der Waals surface area contributed by atoms with Crippen molar-refractivity contribution in [2.45, 2.75) is 32.4 Å². The van der Waals surface area contributed by atoms with Crippen molar-refractivity contribution in [2.75, 3.05) is 20.1 Å². The maximum Gasteiger partial charge on any atom is 0.291 e. The number of hydrogen-bond acceptors (Lipinski definition) is 4. The molecule has 7 nitrogen and oxygen atoms in total. The van der Waals surface area contributed by atoms with Crippen LogP contribution in [0.25, 0.3) is 21.8 Å². The Balaban J connectivity index is 1.49. The average Bonchev–Trinajstić information content (AvgIpc) is 3.15. The van der Waals surface area contributed by atoms with Crippen molar-refractivity contribution < 1.29 is 4.79 Å². The number of aromatic nitrogens is 3. The smallest absolute Gasteiger partial charge is 0.291 e. The largest absolute Gasteiger partial charge is 0.354 e. The van der Waals surface area contributed by atoms with Gasteiger partial charge in [-0.2, -0.15) is 5.10 Å². The fraction of sp³-hybridized carbons (Fsp3) is 0.346. The molecule has 1 N–H and O–H groups in total. The standard InChI is InChI=1S/C26H31N5O2/c1-4-22(25(32)27-15-10-16-29(2)18-19-11-6-5-7-12-19)31-23-14-9-8-13-20(23)21-17-28-30(3)26(33)24(21)31/h5-9,11-14,17,22H,4,10,15-16,18H2,1-3H3,(H,27,32). The molecule has 0 radical (unpaired) electrons. The molecule has 0 aliphatic rings. The third-order valence-electron chi connectivity index (χ3n) is 6.12. The Morgan fingerprint density at radius 3 is 2.58 bits per heavy atom. The first-order valence-electron chi connectivity index (χ1n) is 11.5. The molecule has 2 aromatic heterocycles. The molecule has 172 valence electrons. The zero-order valence-corrected chi connectivity index (χ0v) is 19.5. The van der Waals surface area contributed by atoms with Crippen molar-refractivity contribution in [3.8, 4) is 0 Å². The Labute approximate surface area is 193 Å². The van der Waals surface area contributed by atoms with Crippen LogP contribution in [0.15, 0.2) is 65.6 Å². The van der Waals surface area contributed by atoms with Gasteiger partial charge in [0, 0.05) is 30.9 Å². The normalized spacial score (nSPS) is 12.5. The van der Waals surface area contributed by atoms with Crippen LogP contribution in [0, 0.1) is 0 Å². The van der Waals surface area contributed by atoms with Gasteiger partial charge in [0.2, 0.25) is 5.91 Å². The summed E-state index contributed by atoms with van der Waals surface area (Å²) < 4.78 is 3.22. The number of aryl methyl sites for hydroxylation is 1. The van der Waals surface area contributed by atoms with Gasteiger partial charge in [0.15, 0.2) is 0 Å². The summed E-state index contributed by atoms with van der Waals surface area (Å²) in [4.78, 5) is 28.5. The van der Waals surface area contributed by atoms with Gasteiger partial charge >= 0.3 is 0 Å². The van der Waals surface area contributed by atoms with E-state index in [1.807, 2.05) is 54.0 Å². The summed E-state index contributed by atoms with van der Waals surface area (Å²) in [7, 11) is 3.72. The van der Waals surface area contributed by atoms with E-state index in [0.717, 1.165) is 35.8 Å². The molecule has 0 fully saturated rings. The van der Waals surface area contributed by atoms with E-state index >= 15 is 0 Å². The quantitative estimate of drug-likeness (QED) is 0.401. The first-order valence-corrected chi connectivity index (χ1v) is 11.5. The molecule has 7 heteroatoms. The number of benzene rings is 2. The summed E-state index contributed by atoms with van der Waals surface area (Å²) in [6.45, 7) is 4.33. The fourth-order valence-corrected chi connectivity index (χ4v) is 4.45. The summed E-state index contributed by atoms with van der Waals surface area (Å²) in [6.07, 6.45) is 3.14. The second-order valence-electron chi connectivity index (χ2n) is 8.51. The lowest BCUT2D eigenvalue weighted by Crippen LogP contribution is -2.35. The minimum absolute atomic E-state index is 0.0651. The van der Waals surface area contributed by atoms with Gasteiger partial charge in [-0.1, -0.05) is 55.5 Å². The van der Waals surface area contributed by atoms with Gasteiger partial charge < -0.3 is 14.8 Å². The van der Waals surface area contributed by atoms with E-state index in [1.165, 1.54) is 10.2 Å². The molecule has 0 aliphatic heterocycles. The molecule has 0 spiro atoms. The van der Waals surface area contributed by atoms with E-state index in [0.29, 0.717) is 18.5 Å². The highest BCUT2D eigenvalue weighted by Crippen LogP contribution is 2.30. The molecule has 1 unspecified atom stereocenters. The van der Waals surface area contributed by atoms with Gasteiger partial charge in [-0.25, -0.2) is 4.68 Å². The van der Waals surface area contributed by atoms with Gasteiger partial charge in [-0.05, 0) is 38.1 Å². The van der Waals surface area contributed by atoms with Gasteiger partial charge in [-0.3, -0.25) is 9.59 Å². The topological polar surface area (TPSA) is 72.2 Å². The molecule has 0 aliphatic carbocycles. The van der Waals surface area contributed by atoms with Gasteiger partial charge in [0.05, 0.1) is 11.7 Å². The Kier molecular flexibility index (Phi) is 6.89. The second kappa shape index (κ2) is 10.0. The van der Waals surface area contributed by atoms with Crippen LogP contribution in [-0.4, -0.2) is 45.3 Å². The van der Waals surface area contributed by atoms with Crippen molar-refractivity contribution in [3.63, 3.8) is 0 Å². The zero-order chi connectivity index (χ0) is 23.4. The molecule has 1 atom stereocenters. The van der Waals surface area contributed by atoms with Crippen molar-refractivity contribution in [1.29, 1.82) is 0 Å². The monoisotopic (exact) mass is 445 g/mol. The molecule has 2 aromatic carbocycles. The number of fused-ring (bicyclic) bond motifs is 3. The van der Waals surface area contributed by atoms with E-state index in [2.05, 4.69) is 34.5 Å². The van der Waals surface area contributed by atoms with E-state index in [9.17, 15) is 9.59 Å². The molecule has 33 heavy (non-hydrogen) atoms. The van der Waals surface area contributed by atoms with E-state index in [1.54, 1.807) is 13.2 Å². The minimum atomic E-state index is -0.468. The third-order valence-corrected chi connectivity index (χ3v) is 6.12. The molecule has 2 heterocycles. The zero-order valence-electron chi connectivity index (χ0n) is 19.5. The summed E-state index contributed by atoms with van der Waals surface area (Å²) >= 11 is 0. The van der Waals surface area contributed by atoms with Crippen molar-refractivity contribution in [3.05, 3.63) is 76.7 Å². The second-order valence-corrected chi connectivity index (χ2v) is 8.51. The van der Waals surface area contributed by atoms with Crippen molar-refractivity contribution >= 4 is 27.7 Å². The highest BCUT2D eigenvalue weighted by molar-refractivity contribution is 6.08.